The van der Waals surface area contributed by atoms with Crippen LogP contribution >= 0.6 is 0 Å². The van der Waals surface area contributed by atoms with E-state index in [2.05, 4.69) is 6.58 Å². The number of rotatable bonds is 7. The van der Waals surface area contributed by atoms with E-state index in [9.17, 15) is 9.90 Å². The molecule has 1 aliphatic rings. The first-order valence-corrected chi connectivity index (χ1v) is 7.20. The van der Waals surface area contributed by atoms with E-state index in [1.807, 2.05) is 18.7 Å². The van der Waals surface area contributed by atoms with Gasteiger partial charge in [0.15, 0.2) is 0 Å². The minimum Gasteiger partial charge on any atom is -0.508 e. The standard InChI is InChI=1S/C16H26N2O2/c1-5-14(19)9-8-12(4)16(10-13(16)11-17)15(20)18(6-2)7-3/h5,8-9,13,19H,4,6-7,10-11,17H2,1-3H3/b9-8-,14-5+/t13-,16-/m1/s1. The Labute approximate surface area is 121 Å². The molecule has 0 spiro atoms. The van der Waals surface area contributed by atoms with E-state index in [0.29, 0.717) is 19.6 Å². The van der Waals surface area contributed by atoms with Gasteiger partial charge in [-0.15, -0.1) is 0 Å². The normalized spacial score (nSPS) is 25.8. The molecule has 0 aromatic rings. The van der Waals surface area contributed by atoms with Crippen molar-refractivity contribution >= 4 is 5.91 Å². The lowest BCUT2D eigenvalue weighted by Gasteiger charge is -2.26. The Morgan fingerprint density at radius 2 is 2.05 bits per heavy atom. The molecule has 1 amide bonds. The van der Waals surface area contributed by atoms with Gasteiger partial charge in [0.2, 0.25) is 5.91 Å². The van der Waals surface area contributed by atoms with E-state index in [1.165, 1.54) is 0 Å². The Bertz CT molecular complexity index is 436. The zero-order valence-corrected chi connectivity index (χ0v) is 12.7. The summed E-state index contributed by atoms with van der Waals surface area (Å²) in [5, 5.41) is 9.47. The lowest BCUT2D eigenvalue weighted by atomic mass is 9.91. The predicted molar refractivity (Wildman–Crippen MR) is 82.2 cm³/mol. The molecule has 0 saturated heterocycles. The Kier molecular flexibility index (Phi) is 5.57. The molecule has 1 fully saturated rings. The van der Waals surface area contributed by atoms with E-state index >= 15 is 0 Å². The van der Waals surface area contributed by atoms with E-state index in [-0.39, 0.29) is 17.6 Å². The molecular formula is C16H26N2O2. The number of aliphatic hydroxyl groups is 1. The van der Waals surface area contributed by atoms with Crippen LogP contribution < -0.4 is 5.73 Å². The summed E-state index contributed by atoms with van der Waals surface area (Å²) in [6.07, 6.45) is 5.65. The maximum atomic E-state index is 12.7. The summed E-state index contributed by atoms with van der Waals surface area (Å²) in [7, 11) is 0. The smallest absolute Gasteiger partial charge is 0.233 e. The van der Waals surface area contributed by atoms with Crippen LogP contribution in [0.4, 0.5) is 0 Å². The van der Waals surface area contributed by atoms with Crippen LogP contribution in [0.1, 0.15) is 27.2 Å². The first-order valence-electron chi connectivity index (χ1n) is 7.20. The maximum absolute atomic E-state index is 12.7. The van der Waals surface area contributed by atoms with Crippen molar-refractivity contribution in [3.63, 3.8) is 0 Å². The highest BCUT2D eigenvalue weighted by Gasteiger charge is 2.61. The molecule has 3 N–H and O–H groups in total. The molecule has 4 heteroatoms. The molecule has 0 bridgehead atoms. The molecule has 1 aliphatic carbocycles. The summed E-state index contributed by atoms with van der Waals surface area (Å²) in [5.74, 6) is 0.426. The Hall–Kier alpha value is -1.55. The fourth-order valence-corrected chi connectivity index (χ4v) is 2.63. The van der Waals surface area contributed by atoms with Gasteiger partial charge in [0.25, 0.3) is 0 Å². The van der Waals surface area contributed by atoms with Crippen LogP contribution in [0.25, 0.3) is 0 Å². The molecule has 0 aromatic carbocycles. The molecule has 0 aliphatic heterocycles. The second-order valence-electron chi connectivity index (χ2n) is 5.16. The molecule has 0 unspecified atom stereocenters. The number of nitrogens with two attached hydrogens (primary N) is 1. The fraction of sp³-hybridized carbons (Fsp3) is 0.562. The van der Waals surface area contributed by atoms with Crippen molar-refractivity contribution in [3.05, 3.63) is 36.1 Å². The van der Waals surface area contributed by atoms with Gasteiger partial charge in [-0.25, -0.2) is 0 Å². The van der Waals surface area contributed by atoms with Gasteiger partial charge in [0.1, 0.15) is 5.76 Å². The Morgan fingerprint density at radius 3 is 2.45 bits per heavy atom. The zero-order chi connectivity index (χ0) is 15.3. The van der Waals surface area contributed by atoms with Crippen molar-refractivity contribution in [2.45, 2.75) is 27.2 Å². The number of aliphatic hydroxyl groups excluding tert-OH is 1. The lowest BCUT2D eigenvalue weighted by molar-refractivity contribution is -0.135. The van der Waals surface area contributed by atoms with Crippen LogP contribution in [0.3, 0.4) is 0 Å². The molecular weight excluding hydrogens is 252 g/mol. The third kappa shape index (κ3) is 2.96. The number of carbonyl (C=O) groups excluding carboxylic acids is 1. The second-order valence-corrected chi connectivity index (χ2v) is 5.16. The number of hydrogen-bond acceptors (Lipinski definition) is 3. The highest BCUT2D eigenvalue weighted by atomic mass is 16.3. The van der Waals surface area contributed by atoms with Gasteiger partial charge in [0, 0.05) is 13.1 Å². The van der Waals surface area contributed by atoms with Crippen molar-refractivity contribution in [1.82, 2.24) is 4.90 Å². The molecule has 2 atom stereocenters. The molecule has 4 nitrogen and oxygen atoms in total. The minimum absolute atomic E-state index is 0.104. The third-order valence-corrected chi connectivity index (χ3v) is 4.15. The average molecular weight is 278 g/mol. The van der Waals surface area contributed by atoms with E-state index < -0.39 is 5.41 Å². The van der Waals surface area contributed by atoms with Gasteiger partial charge < -0.3 is 15.7 Å². The molecule has 112 valence electrons. The van der Waals surface area contributed by atoms with Crippen LogP contribution in [-0.4, -0.2) is 35.5 Å². The second kappa shape index (κ2) is 6.75. The number of hydrogen-bond donors (Lipinski definition) is 2. The summed E-state index contributed by atoms with van der Waals surface area (Å²) < 4.78 is 0. The van der Waals surface area contributed by atoms with Crippen LogP contribution in [0, 0.1) is 11.3 Å². The summed E-state index contributed by atoms with van der Waals surface area (Å²) in [5.41, 5.74) is 5.92. The number of nitrogens with zero attached hydrogens (tertiary/aromatic N) is 1. The largest absolute Gasteiger partial charge is 0.508 e. The van der Waals surface area contributed by atoms with Gasteiger partial charge in [-0.1, -0.05) is 12.7 Å². The Balaban J connectivity index is 2.97. The summed E-state index contributed by atoms with van der Waals surface area (Å²) in [4.78, 5) is 14.5. The summed E-state index contributed by atoms with van der Waals surface area (Å²) >= 11 is 0. The van der Waals surface area contributed by atoms with Crippen molar-refractivity contribution < 1.29 is 9.90 Å². The quantitative estimate of drug-likeness (QED) is 0.555. The summed E-state index contributed by atoms with van der Waals surface area (Å²) in [6.45, 7) is 11.6. The highest BCUT2D eigenvalue weighted by molar-refractivity contribution is 5.90. The van der Waals surface area contributed by atoms with Crippen molar-refractivity contribution in [2.24, 2.45) is 17.1 Å². The van der Waals surface area contributed by atoms with Crippen LogP contribution in [-0.2, 0) is 4.79 Å². The lowest BCUT2D eigenvalue weighted by Crippen LogP contribution is -2.39. The number of amides is 1. The van der Waals surface area contributed by atoms with Crippen molar-refractivity contribution in [1.29, 1.82) is 0 Å². The first-order chi connectivity index (χ1) is 9.47. The van der Waals surface area contributed by atoms with Gasteiger partial charge >= 0.3 is 0 Å². The highest BCUT2D eigenvalue weighted by Crippen LogP contribution is 2.58. The summed E-state index contributed by atoms with van der Waals surface area (Å²) in [6, 6.07) is 0. The Morgan fingerprint density at radius 1 is 1.45 bits per heavy atom. The molecule has 1 saturated carbocycles. The van der Waals surface area contributed by atoms with Gasteiger partial charge in [-0.05, 0) is 57.4 Å². The van der Waals surface area contributed by atoms with E-state index in [1.54, 1.807) is 25.2 Å². The average Bonchev–Trinajstić information content (AvgIpc) is 3.21. The van der Waals surface area contributed by atoms with E-state index in [4.69, 9.17) is 5.73 Å². The van der Waals surface area contributed by atoms with Gasteiger partial charge in [-0.2, -0.15) is 0 Å². The van der Waals surface area contributed by atoms with Crippen LogP contribution in [0.15, 0.2) is 36.1 Å². The zero-order valence-electron chi connectivity index (χ0n) is 12.7. The molecule has 0 radical (unpaired) electrons. The predicted octanol–water partition coefficient (Wildman–Crippen LogP) is 2.39. The number of allylic oxidation sites excluding steroid dienone is 3. The molecule has 0 heterocycles. The van der Waals surface area contributed by atoms with Crippen LogP contribution in [0.5, 0.6) is 0 Å². The minimum atomic E-state index is -0.564. The topological polar surface area (TPSA) is 66.6 Å². The first kappa shape index (κ1) is 16.5. The monoisotopic (exact) mass is 278 g/mol. The van der Waals surface area contributed by atoms with Crippen LogP contribution in [0.2, 0.25) is 0 Å². The van der Waals surface area contributed by atoms with E-state index in [0.717, 1.165) is 12.0 Å². The number of carbonyl (C=O) groups is 1. The fourth-order valence-electron chi connectivity index (χ4n) is 2.63. The molecule has 0 aromatic heterocycles. The van der Waals surface area contributed by atoms with Crippen molar-refractivity contribution in [2.75, 3.05) is 19.6 Å². The maximum Gasteiger partial charge on any atom is 0.233 e. The molecule has 20 heavy (non-hydrogen) atoms. The molecule has 1 rings (SSSR count). The van der Waals surface area contributed by atoms with Gasteiger partial charge in [0.05, 0.1) is 5.41 Å². The van der Waals surface area contributed by atoms with Crippen molar-refractivity contribution in [3.8, 4) is 0 Å². The van der Waals surface area contributed by atoms with Gasteiger partial charge in [-0.3, -0.25) is 4.79 Å². The third-order valence-electron chi connectivity index (χ3n) is 4.15. The SMILES string of the molecule is C=C(/C=C\C(O)=C/C)[C@]1(C(=O)N(CC)CC)C[C@@H]1CN.